The second-order valence-corrected chi connectivity index (χ2v) is 9.93. The topological polar surface area (TPSA) is 84.9 Å². The number of aromatic nitrogens is 4. The van der Waals surface area contributed by atoms with Gasteiger partial charge in [-0.3, -0.25) is 0 Å². The number of pyridine rings is 2. The Labute approximate surface area is 224 Å². The van der Waals surface area contributed by atoms with Gasteiger partial charge in [0.15, 0.2) is 5.82 Å². The lowest BCUT2D eigenvalue weighted by molar-refractivity contribution is 0.465. The van der Waals surface area contributed by atoms with Crippen molar-refractivity contribution in [2.75, 3.05) is 17.7 Å². The van der Waals surface area contributed by atoms with Crippen LogP contribution in [0.25, 0.3) is 32.5 Å². The maximum absolute atomic E-state index is 6.17. The monoisotopic (exact) mass is 516 g/mol. The van der Waals surface area contributed by atoms with Crippen molar-refractivity contribution in [1.29, 1.82) is 0 Å². The number of thiophene rings is 1. The highest BCUT2D eigenvalue weighted by Gasteiger charge is 2.13. The van der Waals surface area contributed by atoms with Gasteiger partial charge >= 0.3 is 0 Å². The Morgan fingerprint density at radius 3 is 2.42 bits per heavy atom. The molecule has 4 aromatic heterocycles. The van der Waals surface area contributed by atoms with Crippen molar-refractivity contribution >= 4 is 39.4 Å². The summed E-state index contributed by atoms with van der Waals surface area (Å²) in [6, 6.07) is 27.9. The number of aryl methyl sites for hydroxylation is 1. The van der Waals surface area contributed by atoms with Gasteiger partial charge in [0.05, 0.1) is 4.88 Å². The van der Waals surface area contributed by atoms with Gasteiger partial charge in [0.2, 0.25) is 5.88 Å². The van der Waals surface area contributed by atoms with Crippen LogP contribution < -0.4 is 15.4 Å². The Balaban J connectivity index is 1.25. The second kappa shape index (κ2) is 10.3. The third-order valence-electron chi connectivity index (χ3n) is 6.09. The average molecular weight is 517 g/mol. The molecule has 8 heteroatoms. The summed E-state index contributed by atoms with van der Waals surface area (Å²) in [5.41, 5.74) is 3.63. The van der Waals surface area contributed by atoms with Crippen molar-refractivity contribution in [3.63, 3.8) is 0 Å². The molecule has 0 saturated heterocycles. The zero-order valence-electron chi connectivity index (χ0n) is 20.8. The quantitative estimate of drug-likeness (QED) is 0.225. The lowest BCUT2D eigenvalue weighted by Crippen LogP contribution is -1.99. The van der Waals surface area contributed by atoms with E-state index in [4.69, 9.17) is 4.74 Å². The minimum atomic E-state index is 0.526. The Morgan fingerprint density at radius 2 is 1.63 bits per heavy atom. The SMILES string of the molecule is CNc1cc(-c2cccnc2Oc2ccc(Nc3nnc(-c4ccc(C)s4)c4ccccc34)cc2)ccn1. The number of anilines is 3. The minimum absolute atomic E-state index is 0.526. The minimum Gasteiger partial charge on any atom is -0.438 e. The predicted molar refractivity (Wildman–Crippen MR) is 154 cm³/mol. The number of hydrogen-bond acceptors (Lipinski definition) is 8. The van der Waals surface area contributed by atoms with Gasteiger partial charge in [-0.05, 0) is 73.2 Å². The van der Waals surface area contributed by atoms with Crippen LogP contribution >= 0.6 is 11.3 Å². The smallest absolute Gasteiger partial charge is 0.227 e. The molecule has 0 aliphatic carbocycles. The number of nitrogens with zero attached hydrogens (tertiary/aromatic N) is 4. The number of hydrogen-bond donors (Lipinski definition) is 2. The van der Waals surface area contributed by atoms with Crippen molar-refractivity contribution in [1.82, 2.24) is 20.2 Å². The van der Waals surface area contributed by atoms with Gasteiger partial charge < -0.3 is 15.4 Å². The zero-order valence-corrected chi connectivity index (χ0v) is 21.7. The molecule has 0 amide bonds. The van der Waals surface area contributed by atoms with Gasteiger partial charge in [0.25, 0.3) is 0 Å². The largest absolute Gasteiger partial charge is 0.438 e. The zero-order chi connectivity index (χ0) is 25.9. The molecule has 0 radical (unpaired) electrons. The van der Waals surface area contributed by atoms with Crippen LogP contribution in [0, 0.1) is 6.92 Å². The molecule has 0 saturated carbocycles. The van der Waals surface area contributed by atoms with Gasteiger partial charge in [0, 0.05) is 46.3 Å². The molecule has 38 heavy (non-hydrogen) atoms. The van der Waals surface area contributed by atoms with Crippen molar-refractivity contribution < 1.29 is 4.74 Å². The van der Waals surface area contributed by atoms with E-state index < -0.39 is 0 Å². The van der Waals surface area contributed by atoms with Gasteiger partial charge in [-0.15, -0.1) is 21.5 Å². The Bertz CT molecular complexity index is 1730. The fourth-order valence-electron chi connectivity index (χ4n) is 4.22. The third kappa shape index (κ3) is 4.77. The van der Waals surface area contributed by atoms with E-state index in [1.54, 1.807) is 23.7 Å². The molecular formula is C30H24N6OS. The maximum atomic E-state index is 6.17. The van der Waals surface area contributed by atoms with Crippen molar-refractivity contribution in [3.05, 3.63) is 102 Å². The average Bonchev–Trinajstić information content (AvgIpc) is 3.40. The van der Waals surface area contributed by atoms with Gasteiger partial charge in [-0.25, -0.2) is 9.97 Å². The van der Waals surface area contributed by atoms with Crippen LogP contribution in [0.5, 0.6) is 11.6 Å². The first-order chi connectivity index (χ1) is 18.7. The molecule has 0 spiro atoms. The van der Waals surface area contributed by atoms with Crippen molar-refractivity contribution in [2.24, 2.45) is 0 Å². The highest BCUT2D eigenvalue weighted by atomic mass is 32.1. The van der Waals surface area contributed by atoms with E-state index in [2.05, 4.69) is 62.0 Å². The molecule has 186 valence electrons. The molecular weight excluding hydrogens is 492 g/mol. The molecule has 7 nitrogen and oxygen atoms in total. The highest BCUT2D eigenvalue weighted by molar-refractivity contribution is 7.15. The molecule has 0 atom stereocenters. The number of nitrogens with one attached hydrogen (secondary N) is 2. The van der Waals surface area contributed by atoms with Crippen LogP contribution in [0.15, 0.2) is 97.3 Å². The van der Waals surface area contributed by atoms with E-state index in [9.17, 15) is 0 Å². The van der Waals surface area contributed by atoms with Gasteiger partial charge in [-0.2, -0.15) is 0 Å². The van der Waals surface area contributed by atoms with Gasteiger partial charge in [-0.1, -0.05) is 24.3 Å². The number of benzene rings is 2. The third-order valence-corrected chi connectivity index (χ3v) is 7.10. The molecule has 0 bridgehead atoms. The summed E-state index contributed by atoms with van der Waals surface area (Å²) in [6.45, 7) is 2.10. The lowest BCUT2D eigenvalue weighted by atomic mass is 10.1. The van der Waals surface area contributed by atoms with E-state index >= 15 is 0 Å². The van der Waals surface area contributed by atoms with E-state index in [1.165, 1.54) is 4.88 Å². The second-order valence-electron chi connectivity index (χ2n) is 8.64. The summed E-state index contributed by atoms with van der Waals surface area (Å²) in [4.78, 5) is 11.1. The van der Waals surface area contributed by atoms with Crippen LogP contribution in [0.4, 0.5) is 17.3 Å². The Hall–Kier alpha value is -4.82. The highest BCUT2D eigenvalue weighted by Crippen LogP contribution is 2.35. The van der Waals surface area contributed by atoms with Crippen LogP contribution in [-0.2, 0) is 0 Å². The van der Waals surface area contributed by atoms with E-state index in [0.717, 1.165) is 44.0 Å². The Morgan fingerprint density at radius 1 is 0.789 bits per heavy atom. The van der Waals surface area contributed by atoms with E-state index in [1.807, 2.05) is 67.7 Å². The van der Waals surface area contributed by atoms with Gasteiger partial charge in [0.1, 0.15) is 17.3 Å². The van der Waals surface area contributed by atoms with Crippen LogP contribution in [0.1, 0.15) is 4.88 Å². The molecule has 2 aromatic carbocycles. The first-order valence-electron chi connectivity index (χ1n) is 12.1. The molecule has 0 unspecified atom stereocenters. The standard InChI is InChI=1S/C30H24N6OS/c1-19-9-14-26(38-19)28-24-6-3-4-7-25(24)29(36-35-28)34-21-10-12-22(13-11-21)37-30-23(8-5-16-33-30)20-15-17-32-27(18-20)31-2/h3-18H,1-2H3,(H,31,32)(H,34,36). The van der Waals surface area contributed by atoms with E-state index in [-0.39, 0.29) is 0 Å². The molecule has 6 rings (SSSR count). The van der Waals surface area contributed by atoms with Crippen molar-refractivity contribution in [3.8, 4) is 33.3 Å². The fraction of sp³-hybridized carbons (Fsp3) is 0.0667. The summed E-state index contributed by atoms with van der Waals surface area (Å²) in [6.07, 6.45) is 3.49. The number of rotatable bonds is 7. The first kappa shape index (κ1) is 23.6. The lowest BCUT2D eigenvalue weighted by Gasteiger charge is -2.12. The number of ether oxygens (including phenoxy) is 1. The molecule has 2 N–H and O–H groups in total. The van der Waals surface area contributed by atoms with Crippen LogP contribution in [0.2, 0.25) is 0 Å². The first-order valence-corrected chi connectivity index (χ1v) is 13.0. The molecule has 6 aromatic rings. The molecule has 0 aliphatic rings. The molecule has 0 aliphatic heterocycles. The summed E-state index contributed by atoms with van der Waals surface area (Å²) in [7, 11) is 1.84. The predicted octanol–water partition coefficient (Wildman–Crippen LogP) is 7.70. The normalized spacial score (nSPS) is 10.9. The van der Waals surface area contributed by atoms with Crippen LogP contribution in [-0.4, -0.2) is 27.2 Å². The Kier molecular flexibility index (Phi) is 6.37. The molecule has 4 heterocycles. The van der Waals surface area contributed by atoms with E-state index in [0.29, 0.717) is 17.4 Å². The summed E-state index contributed by atoms with van der Waals surface area (Å²) >= 11 is 1.72. The summed E-state index contributed by atoms with van der Waals surface area (Å²) < 4.78 is 6.17. The molecule has 0 fully saturated rings. The maximum Gasteiger partial charge on any atom is 0.227 e. The fourth-order valence-corrected chi connectivity index (χ4v) is 5.09. The number of fused-ring (bicyclic) bond motifs is 1. The summed E-state index contributed by atoms with van der Waals surface area (Å²) in [5, 5.41) is 17.7. The van der Waals surface area contributed by atoms with Crippen molar-refractivity contribution in [2.45, 2.75) is 6.92 Å². The van der Waals surface area contributed by atoms with Crippen LogP contribution in [0.3, 0.4) is 0 Å². The summed E-state index contributed by atoms with van der Waals surface area (Å²) in [5.74, 6) is 2.69.